The molecule has 0 unspecified atom stereocenters. The first-order valence-electron chi connectivity index (χ1n) is 6.05. The van der Waals surface area contributed by atoms with Crippen molar-refractivity contribution in [2.45, 2.75) is 0 Å². The molecule has 3 rings (SSSR count). The van der Waals surface area contributed by atoms with Crippen molar-refractivity contribution in [1.82, 2.24) is 14.5 Å². The second kappa shape index (κ2) is 4.73. The second-order valence-corrected chi connectivity index (χ2v) is 4.21. The van der Waals surface area contributed by atoms with Crippen molar-refractivity contribution in [2.75, 3.05) is 20.0 Å². The van der Waals surface area contributed by atoms with Crippen molar-refractivity contribution in [2.24, 2.45) is 0 Å². The molecule has 0 saturated carbocycles. The Morgan fingerprint density at radius 2 is 1.90 bits per heavy atom. The maximum atomic E-state index is 6.00. The predicted octanol–water partition coefficient (Wildman–Crippen LogP) is 2.02. The average Bonchev–Trinajstić information content (AvgIpc) is 2.82. The molecule has 0 aliphatic heterocycles. The van der Waals surface area contributed by atoms with Crippen LogP contribution in [0.2, 0.25) is 0 Å². The first kappa shape index (κ1) is 12.3. The van der Waals surface area contributed by atoms with Crippen LogP contribution in [0.1, 0.15) is 0 Å². The van der Waals surface area contributed by atoms with Gasteiger partial charge in [0.25, 0.3) is 0 Å². The fourth-order valence-electron chi connectivity index (χ4n) is 2.19. The molecule has 0 bridgehead atoms. The largest absolute Gasteiger partial charge is 0.493 e. The number of imidazole rings is 1. The zero-order valence-electron chi connectivity index (χ0n) is 11.2. The number of hydrogen-bond donors (Lipinski definition) is 1. The van der Waals surface area contributed by atoms with Gasteiger partial charge >= 0.3 is 0 Å². The van der Waals surface area contributed by atoms with E-state index in [9.17, 15) is 0 Å². The highest BCUT2D eigenvalue weighted by molar-refractivity contribution is 5.80. The SMILES string of the molecule is COc1ccc(-n2c(N)nc3cnccc32)cc1OC. The number of hydrogen-bond acceptors (Lipinski definition) is 5. The summed E-state index contributed by atoms with van der Waals surface area (Å²) in [6, 6.07) is 7.46. The highest BCUT2D eigenvalue weighted by atomic mass is 16.5. The van der Waals surface area contributed by atoms with Gasteiger partial charge in [-0.15, -0.1) is 0 Å². The van der Waals surface area contributed by atoms with Gasteiger partial charge in [-0.3, -0.25) is 9.55 Å². The molecule has 0 amide bonds. The molecule has 2 heterocycles. The van der Waals surface area contributed by atoms with Gasteiger partial charge in [-0.1, -0.05) is 0 Å². The normalized spacial score (nSPS) is 10.7. The maximum absolute atomic E-state index is 6.00. The van der Waals surface area contributed by atoms with Crippen LogP contribution in [0.5, 0.6) is 11.5 Å². The molecule has 6 nitrogen and oxygen atoms in total. The molecule has 0 atom stereocenters. The van der Waals surface area contributed by atoms with E-state index in [1.54, 1.807) is 26.6 Å². The van der Waals surface area contributed by atoms with Crippen molar-refractivity contribution in [3.05, 3.63) is 36.7 Å². The van der Waals surface area contributed by atoms with Crippen molar-refractivity contribution < 1.29 is 9.47 Å². The summed E-state index contributed by atoms with van der Waals surface area (Å²) in [6.45, 7) is 0. The second-order valence-electron chi connectivity index (χ2n) is 4.21. The topological polar surface area (TPSA) is 75.2 Å². The number of rotatable bonds is 3. The molecule has 0 radical (unpaired) electrons. The van der Waals surface area contributed by atoms with Gasteiger partial charge in [0.05, 0.1) is 31.6 Å². The number of nitrogens with two attached hydrogens (primary N) is 1. The van der Waals surface area contributed by atoms with Crippen LogP contribution >= 0.6 is 0 Å². The Labute approximate surface area is 115 Å². The van der Waals surface area contributed by atoms with Gasteiger partial charge in [-0.25, -0.2) is 4.98 Å². The van der Waals surface area contributed by atoms with Crippen LogP contribution < -0.4 is 15.2 Å². The lowest BCUT2D eigenvalue weighted by Gasteiger charge is -2.11. The number of anilines is 1. The van der Waals surface area contributed by atoms with Crippen molar-refractivity contribution >= 4 is 17.0 Å². The first-order chi connectivity index (χ1) is 9.74. The van der Waals surface area contributed by atoms with Gasteiger partial charge in [0, 0.05) is 12.3 Å². The molecule has 0 aliphatic rings. The van der Waals surface area contributed by atoms with Crippen LogP contribution in [0.15, 0.2) is 36.7 Å². The predicted molar refractivity (Wildman–Crippen MR) is 76.4 cm³/mol. The zero-order valence-corrected chi connectivity index (χ0v) is 11.2. The number of aromatic nitrogens is 3. The third-order valence-corrected chi connectivity index (χ3v) is 3.11. The lowest BCUT2D eigenvalue weighted by Crippen LogP contribution is -2.01. The molecule has 0 fully saturated rings. The highest BCUT2D eigenvalue weighted by Gasteiger charge is 2.12. The van der Waals surface area contributed by atoms with Gasteiger partial charge in [-0.2, -0.15) is 0 Å². The summed E-state index contributed by atoms with van der Waals surface area (Å²) in [6.07, 6.45) is 3.39. The molecule has 6 heteroatoms. The van der Waals surface area contributed by atoms with E-state index in [0.717, 1.165) is 16.7 Å². The minimum atomic E-state index is 0.403. The summed E-state index contributed by atoms with van der Waals surface area (Å²) < 4.78 is 12.4. The molecule has 1 aromatic carbocycles. The molecule has 2 aromatic heterocycles. The standard InChI is InChI=1S/C14H14N4O2/c1-19-12-4-3-9(7-13(12)20-2)18-11-5-6-16-8-10(11)17-14(18)15/h3-8H,1-2H3,(H2,15,17). The Balaban J connectivity index is 2.23. The Kier molecular flexibility index (Phi) is 2.90. The Bertz CT molecular complexity index is 767. The van der Waals surface area contributed by atoms with Crippen LogP contribution in [-0.2, 0) is 0 Å². The summed E-state index contributed by atoms with van der Waals surface area (Å²) in [7, 11) is 3.20. The smallest absolute Gasteiger partial charge is 0.205 e. The minimum Gasteiger partial charge on any atom is -0.493 e. The summed E-state index contributed by atoms with van der Waals surface area (Å²) in [4.78, 5) is 8.34. The van der Waals surface area contributed by atoms with Crippen molar-refractivity contribution in [1.29, 1.82) is 0 Å². The van der Waals surface area contributed by atoms with E-state index in [-0.39, 0.29) is 0 Å². The number of fused-ring (bicyclic) bond motifs is 1. The molecular formula is C14H14N4O2. The van der Waals surface area contributed by atoms with E-state index in [4.69, 9.17) is 15.2 Å². The zero-order chi connectivity index (χ0) is 14.1. The van der Waals surface area contributed by atoms with Gasteiger partial charge < -0.3 is 15.2 Å². The van der Waals surface area contributed by atoms with E-state index >= 15 is 0 Å². The average molecular weight is 270 g/mol. The third-order valence-electron chi connectivity index (χ3n) is 3.11. The van der Waals surface area contributed by atoms with E-state index in [0.29, 0.717) is 17.4 Å². The molecule has 102 valence electrons. The molecule has 3 aromatic rings. The number of ether oxygens (including phenoxy) is 2. The van der Waals surface area contributed by atoms with E-state index in [1.165, 1.54) is 0 Å². The summed E-state index contributed by atoms with van der Waals surface area (Å²) in [5.74, 6) is 1.71. The maximum Gasteiger partial charge on any atom is 0.205 e. The Morgan fingerprint density at radius 1 is 1.10 bits per heavy atom. The Hall–Kier alpha value is -2.76. The molecule has 0 saturated heterocycles. The van der Waals surface area contributed by atoms with Crippen LogP contribution in [0.25, 0.3) is 16.7 Å². The Morgan fingerprint density at radius 3 is 2.65 bits per heavy atom. The molecule has 20 heavy (non-hydrogen) atoms. The van der Waals surface area contributed by atoms with E-state index in [2.05, 4.69) is 9.97 Å². The monoisotopic (exact) mass is 270 g/mol. The quantitative estimate of drug-likeness (QED) is 0.788. The number of pyridine rings is 1. The van der Waals surface area contributed by atoms with Crippen molar-refractivity contribution in [3.63, 3.8) is 0 Å². The molecular weight excluding hydrogens is 256 g/mol. The van der Waals surface area contributed by atoms with Crippen LogP contribution in [0.3, 0.4) is 0 Å². The van der Waals surface area contributed by atoms with Crippen LogP contribution in [0, 0.1) is 0 Å². The molecule has 0 aliphatic carbocycles. The lowest BCUT2D eigenvalue weighted by atomic mass is 10.2. The highest BCUT2D eigenvalue weighted by Crippen LogP contribution is 2.31. The number of nitrogens with zero attached hydrogens (tertiary/aromatic N) is 3. The first-order valence-corrected chi connectivity index (χ1v) is 6.05. The summed E-state index contributed by atoms with van der Waals surface area (Å²) in [5, 5.41) is 0. The van der Waals surface area contributed by atoms with Gasteiger partial charge in [0.2, 0.25) is 5.95 Å². The van der Waals surface area contributed by atoms with Gasteiger partial charge in [0.15, 0.2) is 11.5 Å². The van der Waals surface area contributed by atoms with Crippen LogP contribution in [-0.4, -0.2) is 28.8 Å². The molecule has 0 spiro atoms. The molecule has 2 N–H and O–H groups in total. The van der Waals surface area contributed by atoms with Gasteiger partial charge in [-0.05, 0) is 18.2 Å². The lowest BCUT2D eigenvalue weighted by molar-refractivity contribution is 0.355. The van der Waals surface area contributed by atoms with Crippen LogP contribution in [0.4, 0.5) is 5.95 Å². The fraction of sp³-hybridized carbons (Fsp3) is 0.143. The van der Waals surface area contributed by atoms with E-state index in [1.807, 2.05) is 28.8 Å². The third kappa shape index (κ3) is 1.82. The van der Waals surface area contributed by atoms with Gasteiger partial charge in [0.1, 0.15) is 5.52 Å². The van der Waals surface area contributed by atoms with Crippen molar-refractivity contribution in [3.8, 4) is 17.2 Å². The number of benzene rings is 1. The fourth-order valence-corrected chi connectivity index (χ4v) is 2.19. The summed E-state index contributed by atoms with van der Waals surface area (Å²) in [5.41, 5.74) is 8.50. The summed E-state index contributed by atoms with van der Waals surface area (Å²) >= 11 is 0. The number of methoxy groups -OCH3 is 2. The minimum absolute atomic E-state index is 0.403. The number of nitrogen functional groups attached to an aromatic ring is 1. The van der Waals surface area contributed by atoms with E-state index < -0.39 is 0 Å².